The van der Waals surface area contributed by atoms with Gasteiger partial charge in [-0.25, -0.2) is 13.4 Å². The third kappa shape index (κ3) is 4.44. The van der Waals surface area contributed by atoms with Gasteiger partial charge in [-0.05, 0) is 42.3 Å². The van der Waals surface area contributed by atoms with Gasteiger partial charge in [0.05, 0.1) is 0 Å². The Kier molecular flexibility index (Phi) is 6.12. The van der Waals surface area contributed by atoms with E-state index < -0.39 is 11.6 Å². The maximum atomic E-state index is 13.7. The number of rotatable bonds is 8. The van der Waals surface area contributed by atoms with Crippen LogP contribution in [0, 0.1) is 11.6 Å². The number of hydrogen-bond donors (Lipinski definition) is 0. The van der Waals surface area contributed by atoms with Crippen LogP contribution in [0.3, 0.4) is 0 Å². The lowest BCUT2D eigenvalue weighted by Crippen LogP contribution is -2.30. The summed E-state index contributed by atoms with van der Waals surface area (Å²) in [5.74, 6) is 0.0250. The molecule has 0 aromatic heterocycles. The molecule has 3 nitrogen and oxygen atoms in total. The number of halogens is 2. The lowest BCUT2D eigenvalue weighted by atomic mass is 9.92. The van der Waals surface area contributed by atoms with Gasteiger partial charge in [-0.1, -0.05) is 32.6 Å². The van der Waals surface area contributed by atoms with Crippen LogP contribution in [0.15, 0.2) is 30.3 Å². The Morgan fingerprint density at radius 1 is 0.931 bits per heavy atom. The van der Waals surface area contributed by atoms with Gasteiger partial charge in [-0.3, -0.25) is 0 Å². The molecule has 5 heteroatoms. The van der Waals surface area contributed by atoms with Crippen molar-refractivity contribution in [2.45, 2.75) is 58.4 Å². The molecule has 2 aliphatic rings. The first-order valence-corrected chi connectivity index (χ1v) is 10.6. The molecule has 0 spiro atoms. The van der Waals surface area contributed by atoms with Crippen molar-refractivity contribution in [1.29, 1.82) is 0 Å². The van der Waals surface area contributed by atoms with E-state index in [-0.39, 0.29) is 6.79 Å². The van der Waals surface area contributed by atoms with Crippen LogP contribution >= 0.6 is 0 Å². The number of unbranched alkanes of at least 4 members (excludes halogenated alkanes) is 4. The zero-order chi connectivity index (χ0) is 20.2. The topological polar surface area (TPSA) is 21.5 Å². The second kappa shape index (κ2) is 8.93. The van der Waals surface area contributed by atoms with Crippen molar-refractivity contribution in [3.05, 3.63) is 58.7 Å². The highest BCUT2D eigenvalue weighted by atomic mass is 19.2. The van der Waals surface area contributed by atoms with Gasteiger partial charge in [0.1, 0.15) is 6.54 Å². The highest BCUT2D eigenvalue weighted by Gasteiger charge is 2.29. The number of hydrogen-bond acceptors (Lipinski definition) is 2. The Balaban J connectivity index is 1.63. The van der Waals surface area contributed by atoms with Gasteiger partial charge in [0.15, 0.2) is 35.4 Å². The molecule has 0 bridgehead atoms. The van der Waals surface area contributed by atoms with E-state index in [1.54, 1.807) is 6.07 Å². The molecule has 2 aliphatic heterocycles. The normalized spacial score (nSPS) is 15.0. The molecule has 0 saturated carbocycles. The molecule has 0 amide bonds. The quantitative estimate of drug-likeness (QED) is 0.424. The van der Waals surface area contributed by atoms with Crippen LogP contribution in [0.1, 0.15) is 62.1 Å². The molecular formula is C24H28F2NO2+. The second-order valence-corrected chi connectivity index (χ2v) is 7.89. The summed E-state index contributed by atoms with van der Waals surface area (Å²) in [5.41, 5.74) is 4.54. The van der Waals surface area contributed by atoms with Crippen LogP contribution < -0.4 is 9.47 Å². The van der Waals surface area contributed by atoms with Crippen molar-refractivity contribution in [3.63, 3.8) is 0 Å². The molecule has 0 N–H and O–H groups in total. The van der Waals surface area contributed by atoms with Gasteiger partial charge >= 0.3 is 0 Å². The van der Waals surface area contributed by atoms with Crippen LogP contribution in [0.4, 0.5) is 8.78 Å². The minimum absolute atomic E-state index is 0.267. The van der Waals surface area contributed by atoms with Gasteiger partial charge in [-0.15, -0.1) is 0 Å². The Hall–Kier alpha value is -2.43. The summed E-state index contributed by atoms with van der Waals surface area (Å²) >= 11 is 0. The maximum Gasteiger partial charge on any atom is 0.231 e. The molecule has 4 rings (SSSR count). The molecule has 0 saturated heterocycles. The van der Waals surface area contributed by atoms with Gasteiger partial charge in [0, 0.05) is 24.0 Å². The summed E-state index contributed by atoms with van der Waals surface area (Å²) in [6, 6.07) is 8.39. The minimum atomic E-state index is -0.800. The summed E-state index contributed by atoms with van der Waals surface area (Å²) in [4.78, 5) is 0. The second-order valence-electron chi connectivity index (χ2n) is 7.89. The molecule has 0 fully saturated rings. The van der Waals surface area contributed by atoms with Crippen molar-refractivity contribution in [1.82, 2.24) is 0 Å². The summed E-state index contributed by atoms with van der Waals surface area (Å²) in [7, 11) is 0. The van der Waals surface area contributed by atoms with Crippen molar-refractivity contribution < 1.29 is 22.8 Å². The van der Waals surface area contributed by atoms with Crippen molar-refractivity contribution in [2.75, 3.05) is 13.3 Å². The van der Waals surface area contributed by atoms with Crippen LogP contribution in [0.5, 0.6) is 11.5 Å². The number of fused-ring (bicyclic) bond motifs is 2. The van der Waals surface area contributed by atoms with E-state index in [9.17, 15) is 8.78 Å². The SMILES string of the molecule is CCCCCCCC1=[N+](Cc2ccc(F)c(F)c2)CCc2cc3c(cc21)OCO3. The first-order chi connectivity index (χ1) is 14.2. The largest absolute Gasteiger partial charge is 0.454 e. The summed E-state index contributed by atoms with van der Waals surface area (Å²) in [5, 5.41) is 0. The molecule has 2 aromatic rings. The number of nitrogens with zero attached hydrogens (tertiary/aromatic N) is 1. The highest BCUT2D eigenvalue weighted by molar-refractivity contribution is 5.99. The Bertz CT molecular complexity index is 923. The smallest absolute Gasteiger partial charge is 0.231 e. The molecular weight excluding hydrogens is 372 g/mol. The first-order valence-electron chi connectivity index (χ1n) is 10.6. The molecule has 0 atom stereocenters. The molecule has 154 valence electrons. The van der Waals surface area contributed by atoms with E-state index in [0.717, 1.165) is 42.9 Å². The Morgan fingerprint density at radius 2 is 1.72 bits per heavy atom. The van der Waals surface area contributed by atoms with Gasteiger partial charge in [0.2, 0.25) is 6.79 Å². The first kappa shape index (κ1) is 19.9. The summed E-state index contributed by atoms with van der Waals surface area (Å²) in [6.07, 6.45) is 7.94. The Labute approximate surface area is 171 Å². The zero-order valence-electron chi connectivity index (χ0n) is 17.0. The average Bonchev–Trinajstić information content (AvgIpc) is 3.17. The fraction of sp³-hybridized carbons (Fsp3) is 0.458. The van der Waals surface area contributed by atoms with E-state index in [1.807, 2.05) is 0 Å². The lowest BCUT2D eigenvalue weighted by Gasteiger charge is -2.19. The maximum absolute atomic E-state index is 13.7. The van der Waals surface area contributed by atoms with Gasteiger partial charge < -0.3 is 9.47 Å². The van der Waals surface area contributed by atoms with Crippen LogP contribution in [-0.2, 0) is 13.0 Å². The van der Waals surface area contributed by atoms with E-state index in [0.29, 0.717) is 6.54 Å². The number of benzene rings is 2. The van der Waals surface area contributed by atoms with Crippen molar-refractivity contribution in [3.8, 4) is 11.5 Å². The summed E-state index contributed by atoms with van der Waals surface area (Å²) in [6.45, 7) is 3.92. The molecule has 0 radical (unpaired) electrons. The predicted octanol–water partition coefficient (Wildman–Crippen LogP) is 5.61. The standard InChI is InChI=1S/C24H28F2NO2/c1-2-3-4-5-6-7-22-19-14-24-23(28-16-29-24)13-18(19)10-11-27(22)15-17-8-9-20(25)21(26)12-17/h8-9,12-14H,2-7,10-11,15-16H2,1H3/q+1. The van der Waals surface area contributed by atoms with Crippen LogP contribution in [0.25, 0.3) is 0 Å². The molecule has 0 unspecified atom stereocenters. The molecule has 0 aliphatic carbocycles. The van der Waals surface area contributed by atoms with E-state index in [1.165, 1.54) is 54.7 Å². The molecule has 2 aromatic carbocycles. The molecule has 2 heterocycles. The van der Waals surface area contributed by atoms with Gasteiger partial charge in [-0.2, -0.15) is 0 Å². The van der Waals surface area contributed by atoms with Crippen LogP contribution in [-0.4, -0.2) is 23.6 Å². The monoisotopic (exact) mass is 400 g/mol. The van der Waals surface area contributed by atoms with Crippen molar-refractivity contribution in [2.24, 2.45) is 0 Å². The van der Waals surface area contributed by atoms with Crippen molar-refractivity contribution >= 4 is 5.71 Å². The van der Waals surface area contributed by atoms with Gasteiger partial charge in [0.25, 0.3) is 0 Å². The van der Waals surface area contributed by atoms with E-state index >= 15 is 0 Å². The van der Waals surface area contributed by atoms with E-state index in [4.69, 9.17) is 9.47 Å². The fourth-order valence-electron chi connectivity index (χ4n) is 4.24. The fourth-order valence-corrected chi connectivity index (χ4v) is 4.24. The van der Waals surface area contributed by atoms with Crippen LogP contribution in [0.2, 0.25) is 0 Å². The average molecular weight is 400 g/mol. The van der Waals surface area contributed by atoms with E-state index in [2.05, 4.69) is 23.6 Å². The summed E-state index contributed by atoms with van der Waals surface area (Å²) < 4.78 is 40.5. The molecule has 29 heavy (non-hydrogen) atoms. The Morgan fingerprint density at radius 3 is 2.52 bits per heavy atom. The third-order valence-corrected chi connectivity index (χ3v) is 5.82. The predicted molar refractivity (Wildman–Crippen MR) is 109 cm³/mol. The lowest BCUT2D eigenvalue weighted by molar-refractivity contribution is -0.545. The third-order valence-electron chi connectivity index (χ3n) is 5.82. The highest BCUT2D eigenvalue weighted by Crippen LogP contribution is 2.37. The number of ether oxygens (including phenoxy) is 2. The zero-order valence-corrected chi connectivity index (χ0v) is 17.0. The minimum Gasteiger partial charge on any atom is -0.454 e.